The molecule has 0 spiro atoms. The fourth-order valence-corrected chi connectivity index (χ4v) is 5.11. The first-order valence-electron chi connectivity index (χ1n) is 5.07. The number of phosphoric acid groups is 1. The van der Waals surface area contributed by atoms with E-state index in [1.807, 2.05) is 0 Å². The number of hydrogen-bond acceptors (Lipinski definition) is 8. The molecule has 8 nitrogen and oxygen atoms in total. The van der Waals surface area contributed by atoms with E-state index in [1.54, 1.807) is 0 Å². The maximum atomic E-state index is 11.5. The van der Waals surface area contributed by atoms with Gasteiger partial charge in [0.2, 0.25) is 0 Å². The van der Waals surface area contributed by atoms with Crippen LogP contribution in [0.5, 0.6) is 0 Å². The molecular formula is C8H10O8PS2-. The molecule has 0 aromatic heterocycles. The summed E-state index contributed by atoms with van der Waals surface area (Å²) in [5.41, 5.74) is 0. The quantitative estimate of drug-likeness (QED) is 0.608. The predicted octanol–water partition coefficient (Wildman–Crippen LogP) is -0.891. The minimum absolute atomic E-state index is 0.485. The standard InChI is InChI=1S/C8H11O8PS2/c9-17(10,15-7-1-3-18(11,12)5-7)16-8-2-4-19(13,14)6-8/h1-4,7-8H,5-6H2,(H,9,10)/p-1/t7-,8+. The normalized spacial score (nSPS) is 34.4. The van der Waals surface area contributed by atoms with Crippen LogP contribution in [0.3, 0.4) is 0 Å². The Bertz CT molecular complexity index is 618. The van der Waals surface area contributed by atoms with Gasteiger partial charge >= 0.3 is 0 Å². The van der Waals surface area contributed by atoms with Crippen molar-refractivity contribution in [3.8, 4) is 0 Å². The summed E-state index contributed by atoms with van der Waals surface area (Å²) in [6.07, 6.45) is -0.111. The molecule has 0 fully saturated rings. The van der Waals surface area contributed by atoms with Gasteiger partial charge in [0.15, 0.2) is 19.7 Å². The van der Waals surface area contributed by atoms with Crippen LogP contribution in [0.1, 0.15) is 0 Å². The summed E-state index contributed by atoms with van der Waals surface area (Å²) >= 11 is 0. The van der Waals surface area contributed by atoms with Crippen molar-refractivity contribution >= 4 is 27.5 Å². The smallest absolute Gasteiger partial charge is 0.269 e. The molecule has 2 aliphatic rings. The SMILES string of the molecule is O=P([O-])(O[C@@H]1C=CS(=O)(=O)C1)O[C@H]1C=CS(=O)(=O)C1. The van der Waals surface area contributed by atoms with E-state index in [1.165, 1.54) is 0 Å². The highest BCUT2D eigenvalue weighted by Crippen LogP contribution is 2.43. The largest absolute Gasteiger partial charge is 0.756 e. The summed E-state index contributed by atoms with van der Waals surface area (Å²) < 4.78 is 64.9. The zero-order valence-corrected chi connectivity index (χ0v) is 11.9. The van der Waals surface area contributed by atoms with Crippen molar-refractivity contribution < 1.29 is 35.3 Å². The van der Waals surface area contributed by atoms with Gasteiger partial charge in [-0.05, 0) is 12.2 Å². The minimum atomic E-state index is -4.78. The molecule has 0 saturated heterocycles. The summed E-state index contributed by atoms with van der Waals surface area (Å²) in [4.78, 5) is 11.5. The van der Waals surface area contributed by atoms with E-state index in [-0.39, 0.29) is 0 Å². The Hall–Kier alpha value is -0.510. The molecule has 0 amide bonds. The topological polar surface area (TPSA) is 127 Å². The molecule has 2 heterocycles. The monoisotopic (exact) mass is 329 g/mol. The van der Waals surface area contributed by atoms with Crippen LogP contribution in [0.2, 0.25) is 0 Å². The van der Waals surface area contributed by atoms with Crippen molar-refractivity contribution in [2.24, 2.45) is 0 Å². The lowest BCUT2D eigenvalue weighted by Crippen LogP contribution is -2.23. The molecule has 11 heteroatoms. The van der Waals surface area contributed by atoms with Crippen molar-refractivity contribution in [2.75, 3.05) is 11.5 Å². The van der Waals surface area contributed by atoms with Crippen molar-refractivity contribution in [2.45, 2.75) is 12.2 Å². The summed E-state index contributed by atoms with van der Waals surface area (Å²) in [5.74, 6) is -0.969. The molecule has 0 saturated carbocycles. The average molecular weight is 329 g/mol. The minimum Gasteiger partial charge on any atom is -0.756 e. The summed E-state index contributed by atoms with van der Waals surface area (Å²) in [5, 5.41) is 1.72. The van der Waals surface area contributed by atoms with Crippen molar-refractivity contribution in [3.05, 3.63) is 23.0 Å². The number of hydrogen-bond donors (Lipinski definition) is 0. The third-order valence-electron chi connectivity index (χ3n) is 2.32. The van der Waals surface area contributed by atoms with Gasteiger partial charge in [0.25, 0.3) is 7.82 Å². The van der Waals surface area contributed by atoms with Gasteiger partial charge in [-0.3, -0.25) is 4.57 Å². The summed E-state index contributed by atoms with van der Waals surface area (Å²) in [7, 11) is -11.7. The van der Waals surface area contributed by atoms with E-state index >= 15 is 0 Å². The van der Waals surface area contributed by atoms with Crippen LogP contribution in [-0.4, -0.2) is 40.5 Å². The van der Waals surface area contributed by atoms with Gasteiger partial charge in [-0.2, -0.15) is 0 Å². The molecule has 2 aliphatic heterocycles. The van der Waals surface area contributed by atoms with Crippen LogP contribution >= 0.6 is 7.82 Å². The van der Waals surface area contributed by atoms with Gasteiger partial charge in [-0.25, -0.2) is 16.8 Å². The van der Waals surface area contributed by atoms with E-state index in [9.17, 15) is 26.3 Å². The van der Waals surface area contributed by atoms with Crippen LogP contribution in [0.4, 0.5) is 0 Å². The second kappa shape index (κ2) is 4.80. The zero-order chi connectivity index (χ0) is 14.3. The Morgan fingerprint density at radius 3 is 1.58 bits per heavy atom. The Morgan fingerprint density at radius 2 is 1.32 bits per heavy atom. The van der Waals surface area contributed by atoms with E-state index in [0.29, 0.717) is 0 Å². The second-order valence-corrected chi connectivity index (χ2v) is 9.23. The fourth-order valence-electron chi connectivity index (χ4n) is 1.58. The van der Waals surface area contributed by atoms with E-state index in [2.05, 4.69) is 9.05 Å². The Balaban J connectivity index is 1.96. The molecule has 0 N–H and O–H groups in total. The lowest BCUT2D eigenvalue weighted by atomic mass is 10.4. The van der Waals surface area contributed by atoms with E-state index in [4.69, 9.17) is 0 Å². The number of phosphoric ester groups is 1. The van der Waals surface area contributed by atoms with Gasteiger partial charge in [-0.15, -0.1) is 0 Å². The molecule has 19 heavy (non-hydrogen) atoms. The highest BCUT2D eigenvalue weighted by Gasteiger charge is 2.30. The lowest BCUT2D eigenvalue weighted by molar-refractivity contribution is -0.229. The van der Waals surface area contributed by atoms with Crippen LogP contribution in [0.25, 0.3) is 0 Å². The average Bonchev–Trinajstić information content (AvgIpc) is 2.68. The Morgan fingerprint density at radius 1 is 0.947 bits per heavy atom. The maximum Gasteiger partial charge on any atom is 0.269 e. The van der Waals surface area contributed by atoms with Gasteiger partial charge in [0.05, 0.1) is 23.7 Å². The molecule has 3 atom stereocenters. The van der Waals surface area contributed by atoms with Crippen LogP contribution in [-0.2, 0) is 33.3 Å². The zero-order valence-electron chi connectivity index (χ0n) is 9.41. The summed E-state index contributed by atoms with van der Waals surface area (Å²) in [6.45, 7) is 0. The first kappa shape index (κ1) is 14.9. The molecule has 2 rings (SSSR count). The van der Waals surface area contributed by atoms with Gasteiger partial charge in [0, 0.05) is 10.8 Å². The second-order valence-electron chi connectivity index (χ2n) is 4.05. The Kier molecular flexibility index (Phi) is 3.76. The molecular weight excluding hydrogens is 319 g/mol. The van der Waals surface area contributed by atoms with Crippen molar-refractivity contribution in [1.82, 2.24) is 0 Å². The highest BCUT2D eigenvalue weighted by atomic mass is 32.2. The Labute approximate surface area is 110 Å². The predicted molar refractivity (Wildman–Crippen MR) is 63.2 cm³/mol. The first-order valence-corrected chi connectivity index (χ1v) is 9.96. The van der Waals surface area contributed by atoms with Gasteiger partial charge in [-0.1, -0.05) is 0 Å². The van der Waals surface area contributed by atoms with Gasteiger partial charge in [0.1, 0.15) is 0 Å². The molecule has 1 unspecified atom stereocenters. The fraction of sp³-hybridized carbons (Fsp3) is 0.500. The third-order valence-corrected chi connectivity index (χ3v) is 6.11. The van der Waals surface area contributed by atoms with Crippen LogP contribution in [0, 0.1) is 0 Å². The first-order chi connectivity index (χ1) is 8.57. The molecule has 0 aromatic rings. The molecule has 0 radical (unpaired) electrons. The highest BCUT2D eigenvalue weighted by molar-refractivity contribution is 7.94. The number of sulfone groups is 2. The van der Waals surface area contributed by atoms with E-state index < -0.39 is 51.2 Å². The molecule has 0 aromatic carbocycles. The maximum absolute atomic E-state index is 11.5. The molecule has 0 aliphatic carbocycles. The van der Waals surface area contributed by atoms with E-state index in [0.717, 1.165) is 23.0 Å². The third kappa shape index (κ3) is 4.23. The number of rotatable bonds is 4. The molecule has 0 bridgehead atoms. The summed E-state index contributed by atoms with van der Waals surface area (Å²) in [6, 6.07) is 0. The van der Waals surface area contributed by atoms with Crippen molar-refractivity contribution in [3.63, 3.8) is 0 Å². The lowest BCUT2D eigenvalue weighted by Gasteiger charge is -2.27. The van der Waals surface area contributed by atoms with Crippen LogP contribution in [0.15, 0.2) is 23.0 Å². The van der Waals surface area contributed by atoms with Gasteiger partial charge < -0.3 is 13.9 Å². The van der Waals surface area contributed by atoms with Crippen LogP contribution < -0.4 is 4.89 Å². The van der Waals surface area contributed by atoms with Crippen molar-refractivity contribution in [1.29, 1.82) is 0 Å². The molecule has 108 valence electrons.